The number of benzene rings is 2. The Bertz CT molecular complexity index is 1070. The highest BCUT2D eigenvalue weighted by Crippen LogP contribution is 2.41. The molecule has 2 aromatic carbocycles. The summed E-state index contributed by atoms with van der Waals surface area (Å²) in [6.07, 6.45) is 0. The molecule has 0 atom stereocenters. The minimum atomic E-state index is -0.656. The number of dihydropyridines is 1. The molecule has 7 heteroatoms. The van der Waals surface area contributed by atoms with Crippen molar-refractivity contribution in [2.75, 3.05) is 14.2 Å². The molecule has 1 heterocycles. The Labute approximate surface area is 187 Å². The van der Waals surface area contributed by atoms with Crippen LogP contribution in [0.2, 0.25) is 0 Å². The number of esters is 2. The average Bonchev–Trinajstić information content (AvgIpc) is 2.75. The fourth-order valence-electron chi connectivity index (χ4n) is 4.03. The van der Waals surface area contributed by atoms with E-state index in [0.29, 0.717) is 34.0 Å². The summed E-state index contributed by atoms with van der Waals surface area (Å²) in [7, 11) is 2.63. The predicted octanol–water partition coefficient (Wildman–Crippen LogP) is 4.38. The van der Waals surface area contributed by atoms with Gasteiger partial charge in [-0.2, -0.15) is 0 Å². The molecular formula is C25H27NO6. The molecule has 2 aromatic rings. The van der Waals surface area contributed by atoms with Crippen LogP contribution in [0, 0.1) is 13.8 Å². The third kappa shape index (κ3) is 4.32. The fraction of sp³-hybridized carbons (Fsp3) is 0.280. The first-order chi connectivity index (χ1) is 15.2. The van der Waals surface area contributed by atoms with Gasteiger partial charge in [0.15, 0.2) is 0 Å². The highest BCUT2D eigenvalue weighted by atomic mass is 16.5. The Morgan fingerprint density at radius 3 is 1.75 bits per heavy atom. The van der Waals surface area contributed by atoms with E-state index in [1.165, 1.54) is 14.2 Å². The van der Waals surface area contributed by atoms with Crippen molar-refractivity contribution in [2.45, 2.75) is 33.6 Å². The molecule has 0 aromatic heterocycles. The second kappa shape index (κ2) is 9.18. The summed E-state index contributed by atoms with van der Waals surface area (Å²) in [5.41, 5.74) is 4.34. The first-order valence-corrected chi connectivity index (χ1v) is 10.1. The maximum Gasteiger partial charge on any atom is 0.336 e. The molecule has 0 bridgehead atoms. The predicted molar refractivity (Wildman–Crippen MR) is 119 cm³/mol. The van der Waals surface area contributed by atoms with Gasteiger partial charge < -0.3 is 24.6 Å². The van der Waals surface area contributed by atoms with Gasteiger partial charge >= 0.3 is 11.9 Å². The van der Waals surface area contributed by atoms with Crippen molar-refractivity contribution < 1.29 is 28.9 Å². The number of aryl methyl sites for hydroxylation is 2. The molecule has 0 fully saturated rings. The Hall–Kier alpha value is -3.74. The maximum atomic E-state index is 12.7. The highest BCUT2D eigenvalue weighted by molar-refractivity contribution is 5.99. The summed E-state index contributed by atoms with van der Waals surface area (Å²) in [4.78, 5) is 25.4. The van der Waals surface area contributed by atoms with Crippen LogP contribution < -0.4 is 10.1 Å². The van der Waals surface area contributed by atoms with Crippen molar-refractivity contribution in [3.8, 4) is 17.2 Å². The summed E-state index contributed by atoms with van der Waals surface area (Å²) in [5, 5.41) is 12.6. The summed E-state index contributed by atoms with van der Waals surface area (Å²) in [6.45, 7) is 7.35. The van der Waals surface area contributed by atoms with Crippen LogP contribution in [0.5, 0.6) is 17.2 Å². The number of hydrogen-bond donors (Lipinski definition) is 2. The van der Waals surface area contributed by atoms with Crippen molar-refractivity contribution in [1.29, 1.82) is 0 Å². The minimum absolute atomic E-state index is 0.155. The lowest BCUT2D eigenvalue weighted by Gasteiger charge is -2.30. The zero-order valence-corrected chi connectivity index (χ0v) is 19.0. The van der Waals surface area contributed by atoms with Crippen molar-refractivity contribution in [1.82, 2.24) is 5.32 Å². The van der Waals surface area contributed by atoms with Crippen LogP contribution in [0.4, 0.5) is 0 Å². The zero-order chi connectivity index (χ0) is 23.6. The number of nitrogens with one attached hydrogen (secondary N) is 1. The van der Waals surface area contributed by atoms with Crippen LogP contribution >= 0.6 is 0 Å². The van der Waals surface area contributed by atoms with Gasteiger partial charge in [-0.3, -0.25) is 0 Å². The molecular weight excluding hydrogens is 410 g/mol. The monoisotopic (exact) mass is 437 g/mol. The minimum Gasteiger partial charge on any atom is -0.508 e. The molecule has 0 radical (unpaired) electrons. The number of hydrogen-bond acceptors (Lipinski definition) is 7. The summed E-state index contributed by atoms with van der Waals surface area (Å²) < 4.78 is 16.1. The van der Waals surface area contributed by atoms with Crippen molar-refractivity contribution in [2.24, 2.45) is 0 Å². The van der Waals surface area contributed by atoms with Gasteiger partial charge in [0.05, 0.1) is 31.3 Å². The molecule has 1 aliphatic rings. The Morgan fingerprint density at radius 1 is 0.844 bits per heavy atom. The quantitative estimate of drug-likeness (QED) is 0.670. The Balaban J connectivity index is 2.13. The summed E-state index contributed by atoms with van der Waals surface area (Å²) >= 11 is 0. The van der Waals surface area contributed by atoms with Gasteiger partial charge in [0.25, 0.3) is 0 Å². The van der Waals surface area contributed by atoms with E-state index in [2.05, 4.69) is 5.32 Å². The summed E-state index contributed by atoms with van der Waals surface area (Å²) in [6, 6.07) is 10.2. The second-order valence-corrected chi connectivity index (χ2v) is 7.70. The molecule has 0 saturated heterocycles. The van der Waals surface area contributed by atoms with E-state index in [9.17, 15) is 14.7 Å². The number of ether oxygens (including phenoxy) is 3. The SMILES string of the molecule is COC(=O)C1=C(C)NC(C)=C(C(=O)OC)C1c1cc(C)c(Oc2ccc(O)cc2)c(C)c1. The molecule has 3 rings (SSSR count). The molecule has 0 saturated carbocycles. The number of rotatable bonds is 5. The van der Waals surface area contributed by atoms with Crippen molar-refractivity contribution in [3.63, 3.8) is 0 Å². The lowest BCUT2D eigenvalue weighted by atomic mass is 9.79. The van der Waals surface area contributed by atoms with Gasteiger partial charge in [0.1, 0.15) is 17.2 Å². The molecule has 32 heavy (non-hydrogen) atoms. The largest absolute Gasteiger partial charge is 0.508 e. The van der Waals surface area contributed by atoms with E-state index in [0.717, 1.165) is 16.7 Å². The number of carbonyl (C=O) groups excluding carboxylic acids is 2. The van der Waals surface area contributed by atoms with Gasteiger partial charge in [-0.15, -0.1) is 0 Å². The molecule has 1 aliphatic heterocycles. The van der Waals surface area contributed by atoms with E-state index in [1.54, 1.807) is 38.1 Å². The topological polar surface area (TPSA) is 94.1 Å². The smallest absolute Gasteiger partial charge is 0.336 e. The van der Waals surface area contributed by atoms with Gasteiger partial charge in [-0.25, -0.2) is 9.59 Å². The van der Waals surface area contributed by atoms with Crippen molar-refractivity contribution in [3.05, 3.63) is 75.6 Å². The number of methoxy groups -OCH3 is 2. The normalized spacial score (nSPS) is 14.2. The van der Waals surface area contributed by atoms with Crippen LogP contribution in [0.15, 0.2) is 58.9 Å². The van der Waals surface area contributed by atoms with Gasteiger partial charge in [0, 0.05) is 11.4 Å². The van der Waals surface area contributed by atoms with Gasteiger partial charge in [-0.1, -0.05) is 12.1 Å². The molecule has 0 amide bonds. The lowest BCUT2D eigenvalue weighted by molar-refractivity contribution is -0.137. The first-order valence-electron chi connectivity index (χ1n) is 10.1. The van der Waals surface area contributed by atoms with E-state index in [1.807, 2.05) is 26.0 Å². The third-order valence-corrected chi connectivity index (χ3v) is 5.44. The molecule has 0 spiro atoms. The third-order valence-electron chi connectivity index (χ3n) is 5.44. The van der Waals surface area contributed by atoms with Crippen LogP contribution in [-0.2, 0) is 19.1 Å². The second-order valence-electron chi connectivity index (χ2n) is 7.70. The molecule has 0 unspecified atom stereocenters. The van der Waals surface area contributed by atoms with Gasteiger partial charge in [-0.05, 0) is 68.7 Å². The first kappa shape index (κ1) is 22.9. The number of allylic oxidation sites excluding steroid dienone is 2. The molecule has 168 valence electrons. The Morgan fingerprint density at radius 2 is 1.31 bits per heavy atom. The average molecular weight is 437 g/mol. The zero-order valence-electron chi connectivity index (χ0n) is 19.0. The van der Waals surface area contributed by atoms with Crippen LogP contribution in [0.1, 0.15) is 36.5 Å². The number of aromatic hydroxyl groups is 1. The van der Waals surface area contributed by atoms with Crippen LogP contribution in [-0.4, -0.2) is 31.3 Å². The van der Waals surface area contributed by atoms with E-state index in [4.69, 9.17) is 14.2 Å². The van der Waals surface area contributed by atoms with Crippen LogP contribution in [0.3, 0.4) is 0 Å². The molecule has 7 nitrogen and oxygen atoms in total. The van der Waals surface area contributed by atoms with E-state index < -0.39 is 17.9 Å². The molecule has 2 N–H and O–H groups in total. The van der Waals surface area contributed by atoms with E-state index in [-0.39, 0.29) is 5.75 Å². The lowest BCUT2D eigenvalue weighted by Crippen LogP contribution is -2.32. The van der Waals surface area contributed by atoms with Crippen molar-refractivity contribution >= 4 is 11.9 Å². The fourth-order valence-corrected chi connectivity index (χ4v) is 4.03. The standard InChI is InChI=1S/C25H27NO6/c1-13-11-17(12-14(2)23(13)32-19-9-7-18(27)8-10-19)22-20(24(28)30-5)15(3)26-16(4)21(22)25(29)31-6/h7-12,22,26-27H,1-6H3. The van der Waals surface area contributed by atoms with E-state index >= 15 is 0 Å². The van der Waals surface area contributed by atoms with Crippen LogP contribution in [0.25, 0.3) is 0 Å². The number of phenolic OH excluding ortho intramolecular Hbond substituents is 1. The Kier molecular flexibility index (Phi) is 6.58. The summed E-state index contributed by atoms with van der Waals surface area (Å²) in [5.74, 6) is -0.296. The highest BCUT2D eigenvalue weighted by Gasteiger charge is 2.38. The number of carbonyl (C=O) groups is 2. The van der Waals surface area contributed by atoms with Gasteiger partial charge in [0.2, 0.25) is 0 Å². The molecule has 0 aliphatic carbocycles. The number of phenols is 1. The maximum absolute atomic E-state index is 12.7.